The molecule has 0 aliphatic carbocycles. The molecule has 12 heavy (non-hydrogen) atoms. The summed E-state index contributed by atoms with van der Waals surface area (Å²) in [5.74, 6) is -1.43. The molecule has 0 aromatic rings. The van der Waals surface area contributed by atoms with E-state index < -0.39 is 12.1 Å². The molecule has 1 aliphatic heterocycles. The Morgan fingerprint density at radius 2 is 2.17 bits per heavy atom. The second kappa shape index (κ2) is 3.38. The first kappa shape index (κ1) is 8.76. The number of ether oxygens (including phenoxy) is 2. The van der Waals surface area contributed by atoms with Gasteiger partial charge in [-0.15, -0.1) is 9.78 Å². The van der Waals surface area contributed by atoms with Gasteiger partial charge in [0.1, 0.15) is 6.61 Å². The maximum absolute atomic E-state index is 10.7. The molecule has 0 spiro atoms. The number of hydrogen-bond donors (Lipinski definition) is 0. The minimum atomic E-state index is -1.43. The van der Waals surface area contributed by atoms with E-state index >= 15 is 0 Å². The van der Waals surface area contributed by atoms with Gasteiger partial charge in [0.2, 0.25) is 0 Å². The number of hydrogen-bond acceptors (Lipinski definition) is 5. The van der Waals surface area contributed by atoms with E-state index in [0.717, 1.165) is 0 Å². The van der Waals surface area contributed by atoms with Gasteiger partial charge in [0, 0.05) is 6.08 Å². The van der Waals surface area contributed by atoms with Gasteiger partial charge in [-0.25, -0.2) is 4.79 Å². The van der Waals surface area contributed by atoms with Gasteiger partial charge in [-0.2, -0.15) is 0 Å². The maximum atomic E-state index is 10.7. The molecule has 0 aromatic heterocycles. The van der Waals surface area contributed by atoms with Crippen LogP contribution >= 0.6 is 0 Å². The average Bonchev–Trinajstić information content (AvgIpc) is 2.82. The van der Waals surface area contributed by atoms with Crippen molar-refractivity contribution < 1.29 is 24.0 Å². The van der Waals surface area contributed by atoms with Gasteiger partial charge in [0.15, 0.2) is 0 Å². The smallest absolute Gasteiger partial charge is 0.430 e. The van der Waals surface area contributed by atoms with E-state index in [-0.39, 0.29) is 6.61 Å². The monoisotopic (exact) mass is 172 g/mol. The summed E-state index contributed by atoms with van der Waals surface area (Å²) in [5.41, 5.74) is 0. The van der Waals surface area contributed by atoms with Crippen LogP contribution in [0.2, 0.25) is 0 Å². The molecule has 1 heterocycles. The zero-order valence-corrected chi connectivity index (χ0v) is 6.32. The lowest BCUT2D eigenvalue weighted by Gasteiger charge is -2.03. The van der Waals surface area contributed by atoms with E-state index in [4.69, 9.17) is 0 Å². The number of carbonyl (C=O) groups is 1. The predicted octanol–water partition coefficient (Wildman–Crippen LogP) is 1.13. The molecule has 1 rings (SSSR count). The molecule has 0 radical (unpaired) electrons. The summed E-state index contributed by atoms with van der Waals surface area (Å²) in [4.78, 5) is 19.4. The van der Waals surface area contributed by atoms with E-state index in [1.54, 1.807) is 0 Å². The molecule has 0 bridgehead atoms. The fraction of sp³-hybridized carbons (Fsp3) is 0.286. The van der Waals surface area contributed by atoms with E-state index in [1.165, 1.54) is 12.2 Å². The molecule has 0 amide bonds. The minimum absolute atomic E-state index is 0.0755. The van der Waals surface area contributed by atoms with E-state index in [2.05, 4.69) is 32.4 Å². The number of rotatable bonds is 4. The molecule has 0 aromatic carbocycles. The summed E-state index contributed by atoms with van der Waals surface area (Å²) in [7, 11) is 0. The van der Waals surface area contributed by atoms with Crippen LogP contribution in [-0.2, 0) is 19.2 Å². The second-order valence-corrected chi connectivity index (χ2v) is 1.93. The summed E-state index contributed by atoms with van der Waals surface area (Å²) in [5, 5.41) is 0. The third kappa shape index (κ3) is 2.08. The molecular formula is C7H8O5. The summed E-state index contributed by atoms with van der Waals surface area (Å²) in [6.07, 6.45) is 1.71. The molecule has 1 saturated heterocycles. The van der Waals surface area contributed by atoms with Crippen LogP contribution < -0.4 is 0 Å². The lowest BCUT2D eigenvalue weighted by molar-refractivity contribution is -0.0109. The summed E-state index contributed by atoms with van der Waals surface area (Å²) < 4.78 is 9.01. The van der Waals surface area contributed by atoms with Gasteiger partial charge in [0.05, 0.1) is 0 Å². The summed E-state index contributed by atoms with van der Waals surface area (Å²) in [6.45, 7) is 6.75. The summed E-state index contributed by atoms with van der Waals surface area (Å²) in [6, 6.07) is 0. The van der Waals surface area contributed by atoms with Crippen molar-refractivity contribution in [1.82, 2.24) is 0 Å². The quantitative estimate of drug-likeness (QED) is 0.275. The Kier molecular flexibility index (Phi) is 2.47. The zero-order chi connectivity index (χ0) is 9.03. The molecule has 0 atom stereocenters. The molecule has 66 valence electrons. The van der Waals surface area contributed by atoms with Gasteiger partial charge < -0.3 is 9.47 Å². The molecular weight excluding hydrogens is 164 g/mol. The van der Waals surface area contributed by atoms with Gasteiger partial charge >= 0.3 is 12.1 Å². The van der Waals surface area contributed by atoms with Crippen molar-refractivity contribution in [3.8, 4) is 0 Å². The van der Waals surface area contributed by atoms with Crippen LogP contribution in [0.3, 0.4) is 0 Å². The SMILES string of the molecule is C=CCOC(=O)OC1(C=C)OO1. The molecule has 0 saturated carbocycles. The van der Waals surface area contributed by atoms with Crippen molar-refractivity contribution in [1.29, 1.82) is 0 Å². The van der Waals surface area contributed by atoms with Gasteiger partial charge in [-0.05, 0) is 0 Å². The van der Waals surface area contributed by atoms with Crippen LogP contribution in [0.4, 0.5) is 4.79 Å². The van der Waals surface area contributed by atoms with Crippen LogP contribution in [0.5, 0.6) is 0 Å². The standard InChI is InChI=1S/C7H8O5/c1-3-5-9-6(8)10-7(4-2)11-12-7/h3-4H,1-2,5H2. The van der Waals surface area contributed by atoms with E-state index in [9.17, 15) is 4.79 Å². The molecule has 1 fully saturated rings. The maximum Gasteiger partial charge on any atom is 0.513 e. The fourth-order valence-corrected chi connectivity index (χ4v) is 0.457. The van der Waals surface area contributed by atoms with Crippen molar-refractivity contribution in [2.45, 2.75) is 5.97 Å². The summed E-state index contributed by atoms with van der Waals surface area (Å²) >= 11 is 0. The fourth-order valence-electron chi connectivity index (χ4n) is 0.457. The Hall–Kier alpha value is -1.33. The van der Waals surface area contributed by atoms with Gasteiger partial charge in [-0.1, -0.05) is 19.2 Å². The third-order valence-electron chi connectivity index (χ3n) is 1.04. The highest BCUT2D eigenvalue weighted by atomic mass is 17.5. The Bertz CT molecular complexity index is 206. The van der Waals surface area contributed by atoms with Crippen molar-refractivity contribution in [2.75, 3.05) is 6.61 Å². The highest BCUT2D eigenvalue weighted by Crippen LogP contribution is 2.32. The zero-order valence-electron chi connectivity index (χ0n) is 6.32. The average molecular weight is 172 g/mol. The molecule has 0 unspecified atom stereocenters. The largest absolute Gasteiger partial charge is 0.513 e. The normalized spacial score (nSPS) is 17.7. The van der Waals surface area contributed by atoms with Crippen molar-refractivity contribution >= 4 is 6.16 Å². The van der Waals surface area contributed by atoms with Crippen molar-refractivity contribution in [3.63, 3.8) is 0 Å². The topological polar surface area (TPSA) is 60.6 Å². The van der Waals surface area contributed by atoms with Crippen LogP contribution in [0.15, 0.2) is 25.3 Å². The molecule has 5 nitrogen and oxygen atoms in total. The van der Waals surface area contributed by atoms with E-state index in [0.29, 0.717) is 0 Å². The second-order valence-electron chi connectivity index (χ2n) is 1.93. The highest BCUT2D eigenvalue weighted by Gasteiger charge is 2.51. The lowest BCUT2D eigenvalue weighted by Crippen LogP contribution is -2.18. The molecule has 0 N–H and O–H groups in total. The van der Waals surface area contributed by atoms with Crippen LogP contribution in [-0.4, -0.2) is 18.7 Å². The van der Waals surface area contributed by atoms with E-state index in [1.807, 2.05) is 0 Å². The Morgan fingerprint density at radius 3 is 2.58 bits per heavy atom. The first-order valence-electron chi connectivity index (χ1n) is 3.19. The van der Waals surface area contributed by atoms with Crippen LogP contribution in [0.25, 0.3) is 0 Å². The van der Waals surface area contributed by atoms with Crippen molar-refractivity contribution in [2.24, 2.45) is 0 Å². The predicted molar refractivity (Wildman–Crippen MR) is 37.7 cm³/mol. The highest BCUT2D eigenvalue weighted by molar-refractivity contribution is 5.60. The minimum Gasteiger partial charge on any atom is -0.430 e. The Balaban J connectivity index is 2.26. The number of carbonyl (C=O) groups excluding carboxylic acids is 1. The van der Waals surface area contributed by atoms with Crippen LogP contribution in [0.1, 0.15) is 0 Å². The lowest BCUT2D eigenvalue weighted by atomic mass is 10.6. The van der Waals surface area contributed by atoms with Crippen molar-refractivity contribution in [3.05, 3.63) is 25.3 Å². The van der Waals surface area contributed by atoms with Gasteiger partial charge in [-0.3, -0.25) is 0 Å². The Morgan fingerprint density at radius 1 is 1.50 bits per heavy atom. The first-order chi connectivity index (χ1) is 5.72. The van der Waals surface area contributed by atoms with Gasteiger partial charge in [0.25, 0.3) is 0 Å². The van der Waals surface area contributed by atoms with Crippen LogP contribution in [0, 0.1) is 0 Å². The Labute approximate surface area is 69.1 Å². The molecule has 1 aliphatic rings. The third-order valence-corrected chi connectivity index (χ3v) is 1.04. The first-order valence-corrected chi connectivity index (χ1v) is 3.19. The molecule has 5 heteroatoms.